The van der Waals surface area contributed by atoms with Gasteiger partial charge in [0.25, 0.3) is 0 Å². The van der Waals surface area contributed by atoms with Crippen LogP contribution < -0.4 is 9.46 Å². The first-order valence-corrected chi connectivity index (χ1v) is 7.08. The van der Waals surface area contributed by atoms with E-state index >= 15 is 0 Å². The van der Waals surface area contributed by atoms with E-state index in [-0.39, 0.29) is 24.0 Å². The Kier molecular flexibility index (Phi) is 5.37. The van der Waals surface area contributed by atoms with E-state index in [1.165, 1.54) is 0 Å². The van der Waals surface area contributed by atoms with Crippen LogP contribution in [0, 0.1) is 5.92 Å². The van der Waals surface area contributed by atoms with Gasteiger partial charge in [-0.1, -0.05) is 6.92 Å². The fourth-order valence-electron chi connectivity index (χ4n) is 1.22. The Balaban J connectivity index is 2.77. The Morgan fingerprint density at radius 3 is 2.30 bits per heavy atom. The lowest BCUT2D eigenvalue weighted by Gasteiger charge is -2.11. The average Bonchev–Trinajstić information content (AvgIpc) is 2.34. The quantitative estimate of drug-likeness (QED) is 0.834. The summed E-state index contributed by atoms with van der Waals surface area (Å²) < 4.78 is 65.3. The van der Waals surface area contributed by atoms with Crippen molar-refractivity contribution in [1.82, 2.24) is 4.72 Å². The van der Waals surface area contributed by atoms with E-state index < -0.39 is 22.1 Å². The van der Waals surface area contributed by atoms with Crippen LogP contribution in [0.15, 0.2) is 29.2 Å². The Morgan fingerprint density at radius 1 is 1.30 bits per heavy atom. The van der Waals surface area contributed by atoms with Crippen molar-refractivity contribution in [2.45, 2.75) is 18.2 Å². The first-order chi connectivity index (χ1) is 9.14. The Labute approximate surface area is 114 Å². The first-order valence-electron chi connectivity index (χ1n) is 5.60. The van der Waals surface area contributed by atoms with E-state index in [2.05, 4.69) is 9.46 Å². The molecule has 1 aromatic rings. The van der Waals surface area contributed by atoms with Crippen molar-refractivity contribution in [3.63, 3.8) is 0 Å². The second kappa shape index (κ2) is 6.42. The van der Waals surface area contributed by atoms with E-state index in [4.69, 9.17) is 5.11 Å². The second-order valence-corrected chi connectivity index (χ2v) is 5.93. The fraction of sp³-hybridized carbons (Fsp3) is 0.455. The third-order valence-corrected chi connectivity index (χ3v) is 3.74. The number of sulfonamides is 1. The van der Waals surface area contributed by atoms with Gasteiger partial charge in [0, 0.05) is 13.2 Å². The van der Waals surface area contributed by atoms with Gasteiger partial charge in [0.05, 0.1) is 4.90 Å². The standard InChI is InChI=1S/C11H14F3NO4S/c1-8(7-16)6-15-20(17,18)10-4-2-9(3-5-10)19-11(12,13)14/h2-5,8,15-16H,6-7H2,1H3. The van der Waals surface area contributed by atoms with Crippen LogP contribution in [0.3, 0.4) is 0 Å². The highest BCUT2D eigenvalue weighted by Gasteiger charge is 2.31. The van der Waals surface area contributed by atoms with Gasteiger partial charge < -0.3 is 9.84 Å². The van der Waals surface area contributed by atoms with Gasteiger partial charge in [-0.15, -0.1) is 13.2 Å². The number of hydrogen-bond acceptors (Lipinski definition) is 4. The highest BCUT2D eigenvalue weighted by molar-refractivity contribution is 7.89. The lowest BCUT2D eigenvalue weighted by molar-refractivity contribution is -0.274. The summed E-state index contributed by atoms with van der Waals surface area (Å²) in [5, 5.41) is 8.79. The van der Waals surface area contributed by atoms with Gasteiger partial charge in [-0.2, -0.15) is 0 Å². The van der Waals surface area contributed by atoms with E-state index in [1.54, 1.807) is 6.92 Å². The summed E-state index contributed by atoms with van der Waals surface area (Å²) in [4.78, 5) is -0.183. The van der Waals surface area contributed by atoms with Crippen molar-refractivity contribution >= 4 is 10.0 Å². The lowest BCUT2D eigenvalue weighted by Crippen LogP contribution is -2.29. The van der Waals surface area contributed by atoms with Gasteiger partial charge in [-0.25, -0.2) is 13.1 Å². The third kappa shape index (κ3) is 5.35. The van der Waals surface area contributed by atoms with Gasteiger partial charge in [0.15, 0.2) is 0 Å². The molecule has 0 aliphatic heterocycles. The van der Waals surface area contributed by atoms with Gasteiger partial charge >= 0.3 is 6.36 Å². The fourth-order valence-corrected chi connectivity index (χ4v) is 2.39. The maximum atomic E-state index is 11.9. The number of halogens is 3. The normalized spacial score (nSPS) is 14.1. The molecule has 1 unspecified atom stereocenters. The molecule has 0 saturated heterocycles. The number of rotatable bonds is 6. The monoisotopic (exact) mass is 313 g/mol. The minimum atomic E-state index is -4.82. The molecule has 0 aliphatic carbocycles. The van der Waals surface area contributed by atoms with E-state index in [1.807, 2.05) is 0 Å². The molecule has 5 nitrogen and oxygen atoms in total. The van der Waals surface area contributed by atoms with Gasteiger partial charge in [0.1, 0.15) is 5.75 Å². The van der Waals surface area contributed by atoms with Crippen LogP contribution in [0.1, 0.15) is 6.92 Å². The number of nitrogens with one attached hydrogen (secondary N) is 1. The molecule has 1 atom stereocenters. The SMILES string of the molecule is CC(CO)CNS(=O)(=O)c1ccc(OC(F)(F)F)cc1. The van der Waals surface area contributed by atoms with Crippen molar-refractivity contribution in [3.8, 4) is 5.75 Å². The summed E-state index contributed by atoms with van der Waals surface area (Å²) in [7, 11) is -3.82. The largest absolute Gasteiger partial charge is 0.573 e. The minimum Gasteiger partial charge on any atom is -0.406 e. The zero-order valence-corrected chi connectivity index (χ0v) is 11.3. The van der Waals surface area contributed by atoms with Crippen molar-refractivity contribution in [3.05, 3.63) is 24.3 Å². The van der Waals surface area contributed by atoms with Crippen molar-refractivity contribution in [2.75, 3.05) is 13.2 Å². The van der Waals surface area contributed by atoms with Crippen LogP contribution >= 0.6 is 0 Å². The molecule has 0 fully saturated rings. The number of alkyl halides is 3. The Hall–Kier alpha value is -1.32. The number of ether oxygens (including phenoxy) is 1. The topological polar surface area (TPSA) is 75.6 Å². The minimum absolute atomic E-state index is 0.0274. The molecule has 0 radical (unpaired) electrons. The summed E-state index contributed by atoms with van der Waals surface area (Å²) in [5.41, 5.74) is 0. The molecule has 0 spiro atoms. The maximum Gasteiger partial charge on any atom is 0.573 e. The van der Waals surface area contributed by atoms with Crippen molar-refractivity contribution < 1.29 is 31.4 Å². The van der Waals surface area contributed by atoms with E-state index in [9.17, 15) is 21.6 Å². The van der Waals surface area contributed by atoms with E-state index in [0.717, 1.165) is 24.3 Å². The molecule has 0 aliphatic rings. The summed E-state index contributed by atoms with van der Waals surface area (Å²) >= 11 is 0. The van der Waals surface area contributed by atoms with Crippen LogP contribution in [-0.4, -0.2) is 33.0 Å². The molecule has 2 N–H and O–H groups in total. The molecule has 0 aromatic heterocycles. The van der Waals surface area contributed by atoms with Crippen LogP contribution in [0.4, 0.5) is 13.2 Å². The molecule has 1 aromatic carbocycles. The molecule has 0 bridgehead atoms. The number of benzene rings is 1. The molecule has 114 valence electrons. The number of aliphatic hydroxyl groups excluding tert-OH is 1. The first kappa shape index (κ1) is 16.7. The van der Waals surface area contributed by atoms with Gasteiger partial charge in [-0.05, 0) is 30.2 Å². The Morgan fingerprint density at radius 2 is 1.85 bits per heavy atom. The van der Waals surface area contributed by atoms with Crippen LogP contribution in [0.25, 0.3) is 0 Å². The highest BCUT2D eigenvalue weighted by Crippen LogP contribution is 2.23. The molecule has 9 heteroatoms. The van der Waals surface area contributed by atoms with E-state index in [0.29, 0.717) is 0 Å². The summed E-state index contributed by atoms with van der Waals surface area (Å²) in [6, 6.07) is 3.84. The van der Waals surface area contributed by atoms with Crippen LogP contribution in [0.2, 0.25) is 0 Å². The summed E-state index contributed by atoms with van der Waals surface area (Å²) in [5.74, 6) is -0.766. The maximum absolute atomic E-state index is 11.9. The highest BCUT2D eigenvalue weighted by atomic mass is 32.2. The van der Waals surface area contributed by atoms with Crippen LogP contribution in [-0.2, 0) is 10.0 Å². The van der Waals surface area contributed by atoms with Gasteiger partial charge in [0.2, 0.25) is 10.0 Å². The van der Waals surface area contributed by atoms with Crippen LogP contribution in [0.5, 0.6) is 5.75 Å². The predicted octanol–water partition coefficient (Wildman–Crippen LogP) is 1.49. The molecule has 0 heterocycles. The predicted molar refractivity (Wildman–Crippen MR) is 64.6 cm³/mol. The zero-order valence-electron chi connectivity index (χ0n) is 10.5. The van der Waals surface area contributed by atoms with Gasteiger partial charge in [-0.3, -0.25) is 0 Å². The molecule has 0 amide bonds. The molecule has 0 saturated carbocycles. The second-order valence-electron chi connectivity index (χ2n) is 4.16. The zero-order chi connectivity index (χ0) is 15.4. The molecule has 20 heavy (non-hydrogen) atoms. The molecular weight excluding hydrogens is 299 g/mol. The summed E-state index contributed by atoms with van der Waals surface area (Å²) in [6.45, 7) is 1.49. The lowest BCUT2D eigenvalue weighted by atomic mass is 10.2. The van der Waals surface area contributed by atoms with Crippen molar-refractivity contribution in [2.24, 2.45) is 5.92 Å². The average molecular weight is 313 g/mol. The molecule has 1 rings (SSSR count). The Bertz CT molecular complexity index is 528. The summed E-state index contributed by atoms with van der Waals surface area (Å²) in [6.07, 6.45) is -4.82. The smallest absolute Gasteiger partial charge is 0.406 e. The number of hydrogen-bond donors (Lipinski definition) is 2. The number of aliphatic hydroxyl groups is 1. The molecular formula is C11H14F3NO4S. The van der Waals surface area contributed by atoms with Crippen molar-refractivity contribution in [1.29, 1.82) is 0 Å². The third-order valence-electron chi connectivity index (χ3n) is 2.30.